The third kappa shape index (κ3) is 5.99. The van der Waals surface area contributed by atoms with E-state index < -0.39 is 0 Å². The van der Waals surface area contributed by atoms with Gasteiger partial charge in [0.2, 0.25) is 5.91 Å². The molecule has 1 saturated heterocycles. The van der Waals surface area contributed by atoms with E-state index in [2.05, 4.69) is 33.3 Å². The number of carbonyl (C=O) groups is 1. The second kappa shape index (κ2) is 10.4. The quantitative estimate of drug-likeness (QED) is 0.713. The van der Waals surface area contributed by atoms with Gasteiger partial charge in [0.05, 0.1) is 18.8 Å². The number of para-hydroxylation sites is 2. The average Bonchev–Trinajstić information content (AvgIpc) is 2.70. The van der Waals surface area contributed by atoms with E-state index in [0.29, 0.717) is 13.2 Å². The molecule has 1 fully saturated rings. The van der Waals surface area contributed by atoms with Crippen LogP contribution in [0.1, 0.15) is 39.0 Å². The molecule has 3 rings (SSSR count). The summed E-state index contributed by atoms with van der Waals surface area (Å²) in [5.41, 5.74) is 2.67. The van der Waals surface area contributed by atoms with Gasteiger partial charge in [0.15, 0.2) is 0 Å². The first-order valence-electron chi connectivity index (χ1n) is 10.4. The van der Waals surface area contributed by atoms with Crippen LogP contribution in [-0.2, 0) is 4.79 Å². The zero-order valence-corrected chi connectivity index (χ0v) is 16.6. The molecule has 1 aliphatic carbocycles. The lowest BCUT2D eigenvalue weighted by Crippen LogP contribution is -2.49. The molecule has 2 aliphatic rings. The number of piperazine rings is 1. The van der Waals surface area contributed by atoms with Gasteiger partial charge in [-0.2, -0.15) is 0 Å². The van der Waals surface area contributed by atoms with Gasteiger partial charge in [0.1, 0.15) is 5.75 Å². The van der Waals surface area contributed by atoms with E-state index in [0.717, 1.165) is 50.6 Å². The Morgan fingerprint density at radius 2 is 1.96 bits per heavy atom. The van der Waals surface area contributed by atoms with Gasteiger partial charge in [0.25, 0.3) is 0 Å². The lowest BCUT2D eigenvalue weighted by Gasteiger charge is -2.36. The van der Waals surface area contributed by atoms with E-state index in [4.69, 9.17) is 4.74 Å². The molecule has 1 heterocycles. The van der Waals surface area contributed by atoms with Crippen molar-refractivity contribution in [2.24, 2.45) is 0 Å². The van der Waals surface area contributed by atoms with Crippen molar-refractivity contribution in [1.29, 1.82) is 0 Å². The van der Waals surface area contributed by atoms with E-state index in [1.807, 2.05) is 19.1 Å². The number of nitrogens with zero attached hydrogens (tertiary/aromatic N) is 2. The number of carbonyl (C=O) groups excluding carboxylic acids is 1. The topological polar surface area (TPSA) is 44.8 Å². The van der Waals surface area contributed by atoms with Crippen LogP contribution in [0.3, 0.4) is 0 Å². The van der Waals surface area contributed by atoms with E-state index in [1.54, 1.807) is 0 Å². The summed E-state index contributed by atoms with van der Waals surface area (Å²) in [6.07, 6.45) is 8.40. The summed E-state index contributed by atoms with van der Waals surface area (Å²) in [5, 5.41) is 3.09. The fourth-order valence-electron chi connectivity index (χ4n) is 3.90. The first-order chi connectivity index (χ1) is 13.3. The van der Waals surface area contributed by atoms with Crippen molar-refractivity contribution in [3.05, 3.63) is 35.9 Å². The van der Waals surface area contributed by atoms with Gasteiger partial charge in [0, 0.05) is 32.7 Å². The molecule has 5 nitrogen and oxygen atoms in total. The molecule has 27 heavy (non-hydrogen) atoms. The van der Waals surface area contributed by atoms with E-state index in [-0.39, 0.29) is 5.91 Å². The first kappa shape index (κ1) is 19.7. The van der Waals surface area contributed by atoms with Crippen LogP contribution in [0.25, 0.3) is 0 Å². The molecule has 0 bridgehead atoms. The van der Waals surface area contributed by atoms with Crippen molar-refractivity contribution in [2.45, 2.75) is 39.0 Å². The van der Waals surface area contributed by atoms with Crippen molar-refractivity contribution in [2.75, 3.05) is 50.8 Å². The Morgan fingerprint density at radius 1 is 1.15 bits per heavy atom. The fraction of sp³-hybridized carbons (Fsp3) is 0.591. The molecule has 1 aromatic carbocycles. The van der Waals surface area contributed by atoms with Gasteiger partial charge >= 0.3 is 0 Å². The predicted octanol–water partition coefficient (Wildman–Crippen LogP) is 3.21. The van der Waals surface area contributed by atoms with Gasteiger partial charge < -0.3 is 15.0 Å². The fourth-order valence-corrected chi connectivity index (χ4v) is 3.90. The molecule has 0 unspecified atom stereocenters. The van der Waals surface area contributed by atoms with Crippen molar-refractivity contribution in [3.8, 4) is 5.75 Å². The number of ether oxygens (including phenoxy) is 1. The van der Waals surface area contributed by atoms with Crippen molar-refractivity contribution >= 4 is 11.6 Å². The van der Waals surface area contributed by atoms with Crippen LogP contribution >= 0.6 is 0 Å². The third-order valence-corrected chi connectivity index (χ3v) is 5.40. The maximum Gasteiger partial charge on any atom is 0.234 e. The minimum Gasteiger partial charge on any atom is -0.492 e. The number of allylic oxidation sites excluding steroid dienone is 1. The van der Waals surface area contributed by atoms with E-state index in [1.165, 1.54) is 31.3 Å². The second-order valence-electron chi connectivity index (χ2n) is 7.37. The largest absolute Gasteiger partial charge is 0.492 e. The Hall–Kier alpha value is -2.01. The van der Waals surface area contributed by atoms with Crippen LogP contribution < -0.4 is 15.0 Å². The lowest BCUT2D eigenvalue weighted by molar-refractivity contribution is -0.122. The summed E-state index contributed by atoms with van der Waals surface area (Å²) in [6, 6.07) is 8.21. The van der Waals surface area contributed by atoms with Crippen molar-refractivity contribution < 1.29 is 9.53 Å². The highest BCUT2D eigenvalue weighted by atomic mass is 16.5. The highest BCUT2D eigenvalue weighted by Gasteiger charge is 2.21. The minimum absolute atomic E-state index is 0.148. The molecule has 0 saturated carbocycles. The van der Waals surface area contributed by atoms with E-state index >= 15 is 0 Å². The molecular formula is C22H33N3O2. The Morgan fingerprint density at radius 3 is 2.70 bits per heavy atom. The Kier molecular flexibility index (Phi) is 7.57. The van der Waals surface area contributed by atoms with Crippen LogP contribution in [0.15, 0.2) is 35.9 Å². The van der Waals surface area contributed by atoms with Crippen LogP contribution in [0.5, 0.6) is 5.75 Å². The minimum atomic E-state index is 0.148. The predicted molar refractivity (Wildman–Crippen MR) is 110 cm³/mol. The highest BCUT2D eigenvalue weighted by molar-refractivity contribution is 5.78. The van der Waals surface area contributed by atoms with Crippen LogP contribution in [-0.4, -0.2) is 56.7 Å². The third-order valence-electron chi connectivity index (χ3n) is 5.40. The van der Waals surface area contributed by atoms with E-state index in [9.17, 15) is 4.79 Å². The number of hydrogen-bond acceptors (Lipinski definition) is 4. The number of rotatable bonds is 8. The summed E-state index contributed by atoms with van der Waals surface area (Å²) in [4.78, 5) is 16.8. The maximum atomic E-state index is 12.2. The van der Waals surface area contributed by atoms with Gasteiger partial charge in [-0.15, -0.1) is 0 Å². The number of benzene rings is 1. The van der Waals surface area contributed by atoms with Crippen LogP contribution in [0.2, 0.25) is 0 Å². The molecule has 0 spiro atoms. The first-order valence-corrected chi connectivity index (χ1v) is 10.4. The molecule has 1 N–H and O–H groups in total. The van der Waals surface area contributed by atoms with Gasteiger partial charge in [-0.05, 0) is 51.2 Å². The zero-order chi connectivity index (χ0) is 18.9. The summed E-state index contributed by atoms with van der Waals surface area (Å²) in [7, 11) is 0. The summed E-state index contributed by atoms with van der Waals surface area (Å²) in [5.74, 6) is 1.10. The standard InChI is InChI=1S/C22H33N3O2/c1-2-27-21-11-7-6-10-20(21)25-16-14-24(15-17-25)18-22(26)23-13-12-19-8-4-3-5-9-19/h6-8,10-11H,2-5,9,12-18H2,1H3,(H,23,26). The monoisotopic (exact) mass is 371 g/mol. The lowest BCUT2D eigenvalue weighted by atomic mass is 9.97. The Balaban J connectivity index is 1.39. The molecule has 0 radical (unpaired) electrons. The maximum absolute atomic E-state index is 12.2. The summed E-state index contributed by atoms with van der Waals surface area (Å²) in [6.45, 7) is 7.60. The summed E-state index contributed by atoms with van der Waals surface area (Å²) < 4.78 is 5.75. The van der Waals surface area contributed by atoms with Crippen LogP contribution in [0, 0.1) is 0 Å². The Bertz CT molecular complexity index is 636. The van der Waals surface area contributed by atoms with Crippen molar-refractivity contribution in [1.82, 2.24) is 10.2 Å². The number of nitrogens with one attached hydrogen (secondary N) is 1. The van der Waals surface area contributed by atoms with Gasteiger partial charge in [-0.25, -0.2) is 0 Å². The zero-order valence-electron chi connectivity index (χ0n) is 16.6. The molecular weight excluding hydrogens is 338 g/mol. The highest BCUT2D eigenvalue weighted by Crippen LogP contribution is 2.28. The molecule has 1 amide bonds. The molecule has 148 valence electrons. The smallest absolute Gasteiger partial charge is 0.234 e. The van der Waals surface area contributed by atoms with Crippen molar-refractivity contribution in [3.63, 3.8) is 0 Å². The second-order valence-corrected chi connectivity index (χ2v) is 7.37. The normalized spacial score (nSPS) is 18.1. The average molecular weight is 372 g/mol. The number of amides is 1. The molecule has 0 atom stereocenters. The molecule has 1 aromatic rings. The number of hydrogen-bond donors (Lipinski definition) is 1. The molecule has 5 heteroatoms. The molecule has 1 aliphatic heterocycles. The Labute approximate surface area is 163 Å². The van der Waals surface area contributed by atoms with Crippen LogP contribution in [0.4, 0.5) is 5.69 Å². The SMILES string of the molecule is CCOc1ccccc1N1CCN(CC(=O)NCCC2=CCCCC2)CC1. The van der Waals surface area contributed by atoms with Gasteiger partial charge in [-0.3, -0.25) is 9.69 Å². The number of anilines is 1. The van der Waals surface area contributed by atoms with Gasteiger partial charge in [-0.1, -0.05) is 23.8 Å². The summed E-state index contributed by atoms with van der Waals surface area (Å²) >= 11 is 0. The molecule has 0 aromatic heterocycles.